The molecular weight excluding hydrogens is 304 g/mol. The van der Waals surface area contributed by atoms with Gasteiger partial charge in [0.2, 0.25) is 6.79 Å². The Morgan fingerprint density at radius 1 is 1.25 bits per heavy atom. The van der Waals surface area contributed by atoms with Gasteiger partial charge in [0.15, 0.2) is 17.5 Å². The van der Waals surface area contributed by atoms with Crippen LogP contribution in [0.25, 0.3) is 0 Å². The quantitative estimate of drug-likeness (QED) is 0.638. The van der Waals surface area contributed by atoms with Crippen molar-refractivity contribution in [2.75, 3.05) is 33.5 Å². The number of fused-ring (bicyclic) bond motifs is 1. The molecule has 24 heavy (non-hydrogen) atoms. The predicted octanol–water partition coefficient (Wildman–Crippen LogP) is 1.95. The molecule has 0 spiro atoms. The molecule has 0 saturated carbocycles. The molecular formula is C18H28N4O2. The molecule has 0 aromatic heterocycles. The molecule has 0 radical (unpaired) electrons. The average molecular weight is 332 g/mol. The van der Waals surface area contributed by atoms with Crippen LogP contribution in [0.3, 0.4) is 0 Å². The van der Waals surface area contributed by atoms with Crippen LogP contribution in [0.15, 0.2) is 23.2 Å². The lowest BCUT2D eigenvalue weighted by molar-refractivity contribution is 0.174. The van der Waals surface area contributed by atoms with Gasteiger partial charge in [-0.05, 0) is 43.5 Å². The van der Waals surface area contributed by atoms with E-state index >= 15 is 0 Å². The fraction of sp³-hybridized carbons (Fsp3) is 0.611. The van der Waals surface area contributed by atoms with Crippen LogP contribution >= 0.6 is 0 Å². The Morgan fingerprint density at radius 3 is 2.79 bits per heavy atom. The van der Waals surface area contributed by atoms with Crippen molar-refractivity contribution >= 4 is 5.96 Å². The first-order valence-corrected chi connectivity index (χ1v) is 8.86. The van der Waals surface area contributed by atoms with Crippen molar-refractivity contribution in [1.82, 2.24) is 15.5 Å². The Kier molecular flexibility index (Phi) is 5.80. The lowest BCUT2D eigenvalue weighted by Gasteiger charge is -2.32. The maximum atomic E-state index is 5.42. The number of hydrogen-bond acceptors (Lipinski definition) is 4. The molecule has 2 aliphatic heterocycles. The van der Waals surface area contributed by atoms with Crippen LogP contribution in [0.2, 0.25) is 0 Å². The van der Waals surface area contributed by atoms with E-state index in [-0.39, 0.29) is 0 Å². The van der Waals surface area contributed by atoms with Crippen molar-refractivity contribution in [2.45, 2.75) is 38.8 Å². The molecule has 0 bridgehead atoms. The minimum absolute atomic E-state index is 0.312. The van der Waals surface area contributed by atoms with Gasteiger partial charge in [0.05, 0.1) is 0 Å². The standard InChI is InChI=1S/C18H28N4O2/c1-3-8-22-9-6-15(7-10-22)21-18(19-2)20-12-14-4-5-16-17(11-14)24-13-23-16/h4-5,11,15H,3,6-10,12-13H2,1-2H3,(H2,19,20,21). The van der Waals surface area contributed by atoms with Crippen molar-refractivity contribution in [2.24, 2.45) is 4.99 Å². The number of piperidine rings is 1. The number of rotatable bonds is 5. The molecule has 6 heteroatoms. The predicted molar refractivity (Wildman–Crippen MR) is 95.7 cm³/mol. The van der Waals surface area contributed by atoms with Gasteiger partial charge in [-0.2, -0.15) is 0 Å². The Balaban J connectivity index is 1.46. The fourth-order valence-corrected chi connectivity index (χ4v) is 3.24. The minimum atomic E-state index is 0.312. The maximum absolute atomic E-state index is 5.42. The van der Waals surface area contributed by atoms with Crippen molar-refractivity contribution in [3.63, 3.8) is 0 Å². The number of ether oxygens (including phenoxy) is 2. The van der Waals surface area contributed by atoms with Crippen LogP contribution in [0.5, 0.6) is 11.5 Å². The summed E-state index contributed by atoms with van der Waals surface area (Å²) in [6.45, 7) is 6.82. The molecule has 132 valence electrons. The third-order valence-corrected chi connectivity index (χ3v) is 4.59. The van der Waals surface area contributed by atoms with E-state index in [1.54, 1.807) is 0 Å². The number of aliphatic imine (C=N–C) groups is 1. The molecule has 1 aromatic rings. The molecule has 6 nitrogen and oxygen atoms in total. The lowest BCUT2D eigenvalue weighted by atomic mass is 10.1. The second-order valence-corrected chi connectivity index (χ2v) is 6.37. The maximum Gasteiger partial charge on any atom is 0.231 e. The van der Waals surface area contributed by atoms with Gasteiger partial charge in [-0.15, -0.1) is 0 Å². The van der Waals surface area contributed by atoms with Gasteiger partial charge in [0.1, 0.15) is 0 Å². The van der Waals surface area contributed by atoms with Gasteiger partial charge in [-0.1, -0.05) is 13.0 Å². The highest BCUT2D eigenvalue weighted by Crippen LogP contribution is 2.32. The summed E-state index contributed by atoms with van der Waals surface area (Å²) in [6.07, 6.45) is 3.58. The molecule has 1 aromatic carbocycles. The SMILES string of the molecule is CCCN1CCC(NC(=NC)NCc2ccc3c(c2)OCO3)CC1. The Hall–Kier alpha value is -1.95. The topological polar surface area (TPSA) is 58.1 Å². The van der Waals surface area contributed by atoms with Gasteiger partial charge in [-0.3, -0.25) is 4.99 Å². The van der Waals surface area contributed by atoms with Gasteiger partial charge >= 0.3 is 0 Å². The smallest absolute Gasteiger partial charge is 0.231 e. The van der Waals surface area contributed by atoms with E-state index in [1.807, 2.05) is 19.2 Å². The number of benzene rings is 1. The van der Waals surface area contributed by atoms with Gasteiger partial charge in [-0.25, -0.2) is 0 Å². The number of hydrogen-bond donors (Lipinski definition) is 2. The molecule has 3 rings (SSSR count). The van der Waals surface area contributed by atoms with Gasteiger partial charge < -0.3 is 25.0 Å². The highest BCUT2D eigenvalue weighted by Gasteiger charge is 2.19. The highest BCUT2D eigenvalue weighted by molar-refractivity contribution is 5.80. The zero-order valence-electron chi connectivity index (χ0n) is 14.7. The van der Waals surface area contributed by atoms with E-state index in [0.717, 1.165) is 23.0 Å². The third kappa shape index (κ3) is 4.32. The normalized spacial score (nSPS) is 18.7. The Labute approximate surface area is 144 Å². The summed E-state index contributed by atoms with van der Waals surface area (Å²) >= 11 is 0. The Morgan fingerprint density at radius 2 is 2.04 bits per heavy atom. The monoisotopic (exact) mass is 332 g/mol. The highest BCUT2D eigenvalue weighted by atomic mass is 16.7. The van der Waals surface area contributed by atoms with E-state index < -0.39 is 0 Å². The molecule has 1 fully saturated rings. The fourth-order valence-electron chi connectivity index (χ4n) is 3.24. The Bertz CT molecular complexity index is 568. The third-order valence-electron chi connectivity index (χ3n) is 4.59. The van der Waals surface area contributed by atoms with Crippen LogP contribution in [-0.2, 0) is 6.54 Å². The first kappa shape index (κ1) is 16.9. The van der Waals surface area contributed by atoms with Gasteiger partial charge in [0, 0.05) is 32.7 Å². The summed E-state index contributed by atoms with van der Waals surface area (Å²) in [4.78, 5) is 6.89. The average Bonchev–Trinajstić information content (AvgIpc) is 3.08. The van der Waals surface area contributed by atoms with Crippen LogP contribution in [0.1, 0.15) is 31.7 Å². The summed E-state index contributed by atoms with van der Waals surface area (Å²) < 4.78 is 10.8. The second-order valence-electron chi connectivity index (χ2n) is 6.37. The van der Waals surface area contributed by atoms with Gasteiger partial charge in [0.25, 0.3) is 0 Å². The van der Waals surface area contributed by atoms with Crippen molar-refractivity contribution in [3.8, 4) is 11.5 Å². The first-order chi connectivity index (χ1) is 11.8. The summed E-state index contributed by atoms with van der Waals surface area (Å²) in [5, 5.41) is 6.94. The number of nitrogens with one attached hydrogen (secondary N) is 2. The number of likely N-dealkylation sites (tertiary alicyclic amines) is 1. The molecule has 0 amide bonds. The van der Waals surface area contributed by atoms with Crippen LogP contribution in [0, 0.1) is 0 Å². The second kappa shape index (κ2) is 8.24. The summed E-state index contributed by atoms with van der Waals surface area (Å²) in [6, 6.07) is 6.53. The van der Waals surface area contributed by atoms with E-state index in [9.17, 15) is 0 Å². The largest absolute Gasteiger partial charge is 0.454 e. The molecule has 2 heterocycles. The summed E-state index contributed by atoms with van der Waals surface area (Å²) in [7, 11) is 1.82. The first-order valence-electron chi connectivity index (χ1n) is 8.86. The van der Waals surface area contributed by atoms with Crippen molar-refractivity contribution < 1.29 is 9.47 Å². The molecule has 2 aliphatic rings. The summed E-state index contributed by atoms with van der Waals surface area (Å²) in [5.41, 5.74) is 1.15. The zero-order chi connectivity index (χ0) is 16.8. The molecule has 0 atom stereocenters. The van der Waals surface area contributed by atoms with E-state index in [2.05, 4.69) is 33.5 Å². The van der Waals surface area contributed by atoms with Crippen molar-refractivity contribution in [3.05, 3.63) is 23.8 Å². The van der Waals surface area contributed by atoms with E-state index in [0.29, 0.717) is 19.4 Å². The molecule has 0 aliphatic carbocycles. The zero-order valence-corrected chi connectivity index (χ0v) is 14.7. The van der Waals surface area contributed by atoms with Crippen molar-refractivity contribution in [1.29, 1.82) is 0 Å². The van der Waals surface area contributed by atoms with E-state index in [1.165, 1.54) is 38.9 Å². The van der Waals surface area contributed by atoms with Crippen LogP contribution in [0.4, 0.5) is 0 Å². The molecule has 1 saturated heterocycles. The van der Waals surface area contributed by atoms with Crippen LogP contribution < -0.4 is 20.1 Å². The molecule has 2 N–H and O–H groups in total. The summed E-state index contributed by atoms with van der Waals surface area (Å²) in [5.74, 6) is 2.50. The van der Waals surface area contributed by atoms with E-state index in [4.69, 9.17) is 9.47 Å². The number of guanidine groups is 1. The molecule has 0 unspecified atom stereocenters. The number of nitrogens with zero attached hydrogens (tertiary/aromatic N) is 2. The minimum Gasteiger partial charge on any atom is -0.454 e. The lowest BCUT2D eigenvalue weighted by Crippen LogP contribution is -2.48. The van der Waals surface area contributed by atoms with Crippen LogP contribution in [-0.4, -0.2) is 50.4 Å².